The SMILES string of the molecule is CCNC(=NCCc1ncc(C)s1)NC1CN(C(C)C)CC1C. The van der Waals surface area contributed by atoms with Crippen molar-refractivity contribution in [2.45, 2.75) is 53.1 Å². The number of hydrogen-bond acceptors (Lipinski definition) is 4. The van der Waals surface area contributed by atoms with Crippen LogP contribution in [0, 0.1) is 12.8 Å². The smallest absolute Gasteiger partial charge is 0.191 e. The Kier molecular flexibility index (Phi) is 6.84. The first-order chi connectivity index (χ1) is 11.0. The van der Waals surface area contributed by atoms with Crippen molar-refractivity contribution in [3.05, 3.63) is 16.1 Å². The molecule has 1 fully saturated rings. The van der Waals surface area contributed by atoms with Crippen molar-refractivity contribution >= 4 is 17.3 Å². The molecule has 2 atom stereocenters. The highest BCUT2D eigenvalue weighted by molar-refractivity contribution is 7.11. The molecule has 1 aromatic rings. The van der Waals surface area contributed by atoms with Gasteiger partial charge in [0.25, 0.3) is 0 Å². The molecule has 0 aromatic carbocycles. The summed E-state index contributed by atoms with van der Waals surface area (Å²) in [6.45, 7) is 15.0. The van der Waals surface area contributed by atoms with Crippen molar-refractivity contribution in [2.75, 3.05) is 26.2 Å². The minimum Gasteiger partial charge on any atom is -0.357 e. The topological polar surface area (TPSA) is 52.6 Å². The van der Waals surface area contributed by atoms with Gasteiger partial charge in [0, 0.05) is 55.8 Å². The Morgan fingerprint density at radius 1 is 1.48 bits per heavy atom. The lowest BCUT2D eigenvalue weighted by molar-refractivity contribution is 0.265. The van der Waals surface area contributed by atoms with Gasteiger partial charge in [-0.25, -0.2) is 4.98 Å². The normalized spacial score (nSPS) is 22.8. The van der Waals surface area contributed by atoms with Crippen LogP contribution in [-0.2, 0) is 6.42 Å². The first-order valence-electron chi connectivity index (χ1n) is 8.69. The molecule has 2 rings (SSSR count). The molecule has 1 saturated heterocycles. The molecule has 2 heterocycles. The van der Waals surface area contributed by atoms with Gasteiger partial charge in [0.15, 0.2) is 5.96 Å². The number of rotatable bonds is 6. The molecule has 0 aliphatic carbocycles. The quantitative estimate of drug-likeness (QED) is 0.618. The lowest BCUT2D eigenvalue weighted by Gasteiger charge is -2.21. The molecular formula is C17H31N5S. The van der Waals surface area contributed by atoms with E-state index in [1.54, 1.807) is 11.3 Å². The van der Waals surface area contributed by atoms with Crippen LogP contribution in [0.15, 0.2) is 11.2 Å². The molecule has 1 aliphatic rings. The molecule has 130 valence electrons. The summed E-state index contributed by atoms with van der Waals surface area (Å²) in [5.41, 5.74) is 0. The molecule has 2 unspecified atom stereocenters. The largest absolute Gasteiger partial charge is 0.357 e. The first-order valence-corrected chi connectivity index (χ1v) is 9.51. The molecule has 0 radical (unpaired) electrons. The van der Waals surface area contributed by atoms with Crippen molar-refractivity contribution in [2.24, 2.45) is 10.9 Å². The van der Waals surface area contributed by atoms with Crippen LogP contribution < -0.4 is 10.6 Å². The van der Waals surface area contributed by atoms with Gasteiger partial charge in [-0.15, -0.1) is 11.3 Å². The van der Waals surface area contributed by atoms with Crippen molar-refractivity contribution in [3.8, 4) is 0 Å². The van der Waals surface area contributed by atoms with Crippen LogP contribution in [0.3, 0.4) is 0 Å². The highest BCUT2D eigenvalue weighted by atomic mass is 32.1. The van der Waals surface area contributed by atoms with Crippen LogP contribution in [0.25, 0.3) is 0 Å². The van der Waals surface area contributed by atoms with E-state index >= 15 is 0 Å². The molecule has 0 spiro atoms. The maximum Gasteiger partial charge on any atom is 0.191 e. The van der Waals surface area contributed by atoms with Crippen LogP contribution in [0.2, 0.25) is 0 Å². The third-order valence-corrected chi connectivity index (χ3v) is 5.27. The van der Waals surface area contributed by atoms with E-state index in [-0.39, 0.29) is 0 Å². The van der Waals surface area contributed by atoms with E-state index < -0.39 is 0 Å². The highest BCUT2D eigenvalue weighted by Crippen LogP contribution is 2.18. The summed E-state index contributed by atoms with van der Waals surface area (Å²) in [5.74, 6) is 1.58. The molecule has 0 saturated carbocycles. The van der Waals surface area contributed by atoms with Crippen molar-refractivity contribution in [1.82, 2.24) is 20.5 Å². The second kappa shape index (κ2) is 8.64. The lowest BCUT2D eigenvalue weighted by Crippen LogP contribution is -2.46. The fraction of sp³-hybridized carbons (Fsp3) is 0.765. The fourth-order valence-corrected chi connectivity index (χ4v) is 3.67. The highest BCUT2D eigenvalue weighted by Gasteiger charge is 2.31. The van der Waals surface area contributed by atoms with E-state index in [0.29, 0.717) is 18.0 Å². The summed E-state index contributed by atoms with van der Waals surface area (Å²) in [6, 6.07) is 1.08. The average Bonchev–Trinajstić information content (AvgIpc) is 3.06. The minimum atomic E-state index is 0.470. The number of likely N-dealkylation sites (tertiary alicyclic amines) is 1. The standard InChI is InChI=1S/C17H31N5S/c1-6-18-17(19-8-7-16-20-9-14(5)23-16)21-15-11-22(12(2)3)10-13(15)4/h9,12-13,15H,6-8,10-11H2,1-5H3,(H2,18,19,21). The number of aromatic nitrogens is 1. The summed E-state index contributed by atoms with van der Waals surface area (Å²) in [7, 11) is 0. The Bertz CT molecular complexity index is 511. The number of nitrogens with one attached hydrogen (secondary N) is 2. The summed E-state index contributed by atoms with van der Waals surface area (Å²) in [4.78, 5) is 12.9. The monoisotopic (exact) mass is 337 g/mol. The molecule has 5 nitrogen and oxygen atoms in total. The van der Waals surface area contributed by atoms with Crippen molar-refractivity contribution in [1.29, 1.82) is 0 Å². The van der Waals surface area contributed by atoms with E-state index in [4.69, 9.17) is 4.99 Å². The Morgan fingerprint density at radius 3 is 2.83 bits per heavy atom. The Labute approximate surface area is 144 Å². The third kappa shape index (κ3) is 5.46. The van der Waals surface area contributed by atoms with Crippen LogP contribution >= 0.6 is 11.3 Å². The summed E-state index contributed by atoms with van der Waals surface area (Å²) < 4.78 is 0. The van der Waals surface area contributed by atoms with Crippen LogP contribution in [0.4, 0.5) is 0 Å². The maximum absolute atomic E-state index is 4.73. The van der Waals surface area contributed by atoms with Crippen LogP contribution in [0.5, 0.6) is 0 Å². The van der Waals surface area contributed by atoms with E-state index in [1.165, 1.54) is 9.88 Å². The van der Waals surface area contributed by atoms with Gasteiger partial charge in [0.05, 0.1) is 5.01 Å². The number of aliphatic imine (C=N–C) groups is 1. The van der Waals surface area contributed by atoms with Gasteiger partial charge in [-0.05, 0) is 33.6 Å². The first kappa shape index (κ1) is 18.2. The van der Waals surface area contributed by atoms with Gasteiger partial charge in [0.1, 0.15) is 0 Å². The van der Waals surface area contributed by atoms with Crippen molar-refractivity contribution in [3.63, 3.8) is 0 Å². The van der Waals surface area contributed by atoms with E-state index in [1.807, 2.05) is 6.20 Å². The molecule has 6 heteroatoms. The van der Waals surface area contributed by atoms with Crippen LogP contribution in [0.1, 0.15) is 37.6 Å². The number of thiazole rings is 1. The fourth-order valence-electron chi connectivity index (χ4n) is 2.89. The predicted molar refractivity (Wildman–Crippen MR) is 99.3 cm³/mol. The molecule has 2 N–H and O–H groups in total. The molecule has 1 aliphatic heterocycles. The third-order valence-electron chi connectivity index (χ3n) is 4.30. The maximum atomic E-state index is 4.73. The van der Waals surface area contributed by atoms with E-state index in [2.05, 4.69) is 55.1 Å². The predicted octanol–water partition coefficient (Wildman–Crippen LogP) is 2.28. The molecule has 0 bridgehead atoms. The second-order valence-electron chi connectivity index (χ2n) is 6.65. The molecule has 0 amide bonds. The minimum absolute atomic E-state index is 0.470. The second-order valence-corrected chi connectivity index (χ2v) is 7.97. The zero-order chi connectivity index (χ0) is 16.8. The van der Waals surface area contributed by atoms with Gasteiger partial charge < -0.3 is 10.6 Å². The number of guanidine groups is 1. The van der Waals surface area contributed by atoms with Gasteiger partial charge in [-0.2, -0.15) is 0 Å². The molecule has 1 aromatic heterocycles. The zero-order valence-electron chi connectivity index (χ0n) is 15.1. The summed E-state index contributed by atoms with van der Waals surface area (Å²) in [6.07, 6.45) is 2.85. The van der Waals surface area contributed by atoms with E-state index in [9.17, 15) is 0 Å². The van der Waals surface area contributed by atoms with Crippen molar-refractivity contribution < 1.29 is 0 Å². The number of aryl methyl sites for hydroxylation is 1. The van der Waals surface area contributed by atoms with Gasteiger partial charge >= 0.3 is 0 Å². The Morgan fingerprint density at radius 2 is 2.26 bits per heavy atom. The molecule has 23 heavy (non-hydrogen) atoms. The zero-order valence-corrected chi connectivity index (χ0v) is 15.9. The Balaban J connectivity index is 1.88. The number of nitrogens with zero attached hydrogens (tertiary/aromatic N) is 3. The Hall–Kier alpha value is -1.14. The lowest BCUT2D eigenvalue weighted by atomic mass is 10.1. The van der Waals surface area contributed by atoms with E-state index in [0.717, 1.165) is 38.6 Å². The van der Waals surface area contributed by atoms with Gasteiger partial charge in [0.2, 0.25) is 0 Å². The van der Waals surface area contributed by atoms with Gasteiger partial charge in [-0.1, -0.05) is 6.92 Å². The number of hydrogen-bond donors (Lipinski definition) is 2. The molecular weight excluding hydrogens is 306 g/mol. The summed E-state index contributed by atoms with van der Waals surface area (Å²) in [5, 5.41) is 8.16. The average molecular weight is 338 g/mol. The van der Waals surface area contributed by atoms with Gasteiger partial charge in [-0.3, -0.25) is 9.89 Å². The summed E-state index contributed by atoms with van der Waals surface area (Å²) >= 11 is 1.76. The van der Waals surface area contributed by atoms with Crippen LogP contribution in [-0.4, -0.2) is 54.1 Å².